The quantitative estimate of drug-likeness (QED) is 0.740. The summed E-state index contributed by atoms with van der Waals surface area (Å²) in [7, 11) is 0. The second kappa shape index (κ2) is 8.54. The Balaban J connectivity index is 2.29. The van der Waals surface area contributed by atoms with Crippen molar-refractivity contribution in [1.29, 1.82) is 0 Å². The van der Waals surface area contributed by atoms with Crippen LogP contribution in [0.15, 0.2) is 0 Å². The number of hydrogen-bond donors (Lipinski definition) is 2. The fourth-order valence-corrected chi connectivity index (χ4v) is 2.98. The zero-order valence-corrected chi connectivity index (χ0v) is 12.8. The van der Waals surface area contributed by atoms with E-state index in [1.54, 1.807) is 0 Å². The lowest BCUT2D eigenvalue weighted by atomic mass is 9.83. The van der Waals surface area contributed by atoms with Gasteiger partial charge in [0.05, 0.1) is 0 Å². The second-order valence-electron chi connectivity index (χ2n) is 5.87. The monoisotopic (exact) mass is 269 g/mol. The number of carbonyl (C=O) groups excluding carboxylic acids is 1. The van der Waals surface area contributed by atoms with Crippen molar-refractivity contribution in [2.24, 2.45) is 11.7 Å². The molecule has 3 atom stereocenters. The molecule has 3 N–H and O–H groups in total. The number of nitrogens with one attached hydrogen (secondary N) is 1. The molecule has 1 saturated carbocycles. The first-order valence-electron chi connectivity index (χ1n) is 7.84. The molecule has 1 rings (SSSR count). The van der Waals surface area contributed by atoms with Crippen LogP contribution in [0.5, 0.6) is 0 Å². The number of likely N-dealkylation sites (N-methyl/N-ethyl adjacent to an activating group) is 1. The predicted octanol–water partition coefficient (Wildman–Crippen LogP) is 1.74. The number of nitrogens with zero attached hydrogens (tertiary/aromatic N) is 1. The molecule has 0 heterocycles. The fourth-order valence-electron chi connectivity index (χ4n) is 2.98. The lowest BCUT2D eigenvalue weighted by Gasteiger charge is -2.29. The Bertz CT molecular complexity index is 266. The normalized spacial score (nSPS) is 25.3. The molecule has 1 aliphatic carbocycles. The molecule has 0 aromatic rings. The van der Waals surface area contributed by atoms with E-state index in [9.17, 15) is 4.79 Å². The average molecular weight is 269 g/mol. The van der Waals surface area contributed by atoms with E-state index in [1.807, 2.05) is 0 Å². The van der Waals surface area contributed by atoms with Gasteiger partial charge in [0.15, 0.2) is 0 Å². The van der Waals surface area contributed by atoms with E-state index >= 15 is 0 Å². The summed E-state index contributed by atoms with van der Waals surface area (Å²) in [5.41, 5.74) is 6.09. The highest BCUT2D eigenvalue weighted by atomic mass is 16.1. The molecule has 0 aromatic heterocycles. The van der Waals surface area contributed by atoms with Crippen LogP contribution in [0.3, 0.4) is 0 Å². The summed E-state index contributed by atoms with van der Waals surface area (Å²) >= 11 is 0. The van der Waals surface area contributed by atoms with Crippen LogP contribution in [0.4, 0.5) is 0 Å². The smallest absolute Gasteiger partial charge is 0.220 e. The van der Waals surface area contributed by atoms with Gasteiger partial charge in [0.1, 0.15) is 0 Å². The number of hydrogen-bond acceptors (Lipinski definition) is 3. The summed E-state index contributed by atoms with van der Waals surface area (Å²) in [6.45, 7) is 9.37. The highest BCUT2D eigenvalue weighted by Crippen LogP contribution is 2.25. The van der Waals surface area contributed by atoms with Gasteiger partial charge in [-0.25, -0.2) is 0 Å². The van der Waals surface area contributed by atoms with Crippen molar-refractivity contribution in [2.45, 2.75) is 65.0 Å². The van der Waals surface area contributed by atoms with Gasteiger partial charge in [0.25, 0.3) is 0 Å². The summed E-state index contributed by atoms with van der Waals surface area (Å²) in [5.74, 6) is 0.552. The minimum Gasteiger partial charge on any atom is -0.352 e. The van der Waals surface area contributed by atoms with E-state index in [-0.39, 0.29) is 18.0 Å². The van der Waals surface area contributed by atoms with Crippen LogP contribution >= 0.6 is 0 Å². The Morgan fingerprint density at radius 1 is 1.32 bits per heavy atom. The van der Waals surface area contributed by atoms with Crippen molar-refractivity contribution in [3.63, 3.8) is 0 Å². The van der Waals surface area contributed by atoms with Gasteiger partial charge in [-0.1, -0.05) is 26.7 Å². The highest BCUT2D eigenvalue weighted by Gasteiger charge is 2.24. The first kappa shape index (κ1) is 16.4. The molecule has 1 fully saturated rings. The fraction of sp³-hybridized carbons (Fsp3) is 0.933. The molecule has 3 unspecified atom stereocenters. The standard InChI is InChI=1S/C15H31N3O/c1-4-18(5-2)11-12(3)17-15(19)10-13-8-6-7-9-14(13)16/h12-14H,4-11,16H2,1-3H3,(H,17,19). The first-order chi connectivity index (χ1) is 9.06. The maximum Gasteiger partial charge on any atom is 0.220 e. The molecule has 0 radical (unpaired) electrons. The Labute approximate surface area is 118 Å². The Kier molecular flexibility index (Phi) is 7.39. The van der Waals surface area contributed by atoms with Gasteiger partial charge >= 0.3 is 0 Å². The summed E-state index contributed by atoms with van der Waals surface area (Å²) in [5, 5.41) is 3.11. The van der Waals surface area contributed by atoms with Gasteiger partial charge in [0.2, 0.25) is 5.91 Å². The van der Waals surface area contributed by atoms with Gasteiger partial charge in [-0.15, -0.1) is 0 Å². The van der Waals surface area contributed by atoms with Crippen molar-refractivity contribution in [3.8, 4) is 0 Å². The molecular formula is C15H31N3O. The Hall–Kier alpha value is -0.610. The van der Waals surface area contributed by atoms with Crippen LogP contribution in [-0.2, 0) is 4.79 Å². The molecule has 4 heteroatoms. The van der Waals surface area contributed by atoms with Crippen LogP contribution in [0.2, 0.25) is 0 Å². The van der Waals surface area contributed by atoms with E-state index in [2.05, 4.69) is 31.0 Å². The van der Waals surface area contributed by atoms with Crippen LogP contribution in [-0.4, -0.2) is 42.5 Å². The van der Waals surface area contributed by atoms with Crippen molar-refractivity contribution in [3.05, 3.63) is 0 Å². The molecule has 0 aromatic carbocycles. The van der Waals surface area contributed by atoms with Crippen LogP contribution in [0.1, 0.15) is 52.9 Å². The lowest BCUT2D eigenvalue weighted by molar-refractivity contribution is -0.123. The van der Waals surface area contributed by atoms with E-state index in [1.165, 1.54) is 12.8 Å². The summed E-state index contributed by atoms with van der Waals surface area (Å²) in [4.78, 5) is 14.4. The topological polar surface area (TPSA) is 58.4 Å². The largest absolute Gasteiger partial charge is 0.352 e. The maximum atomic E-state index is 12.0. The van der Waals surface area contributed by atoms with E-state index in [0.717, 1.165) is 32.5 Å². The predicted molar refractivity (Wildman–Crippen MR) is 79.9 cm³/mol. The van der Waals surface area contributed by atoms with Crippen molar-refractivity contribution >= 4 is 5.91 Å². The summed E-state index contributed by atoms with van der Waals surface area (Å²) in [6, 6.07) is 0.435. The molecule has 0 aliphatic heterocycles. The molecule has 0 bridgehead atoms. The van der Waals surface area contributed by atoms with Gasteiger partial charge in [-0.2, -0.15) is 0 Å². The minimum atomic E-state index is 0.169. The van der Waals surface area contributed by atoms with E-state index in [4.69, 9.17) is 5.73 Å². The van der Waals surface area contributed by atoms with Gasteiger partial charge in [0, 0.05) is 25.0 Å². The van der Waals surface area contributed by atoms with Crippen molar-refractivity contribution < 1.29 is 4.79 Å². The summed E-state index contributed by atoms with van der Waals surface area (Å²) < 4.78 is 0. The molecule has 1 amide bonds. The Morgan fingerprint density at radius 3 is 2.53 bits per heavy atom. The maximum absolute atomic E-state index is 12.0. The molecule has 0 spiro atoms. The van der Waals surface area contributed by atoms with Gasteiger partial charge < -0.3 is 16.0 Å². The van der Waals surface area contributed by atoms with Crippen molar-refractivity contribution in [1.82, 2.24) is 10.2 Å². The number of nitrogens with two attached hydrogens (primary N) is 1. The van der Waals surface area contributed by atoms with Gasteiger partial charge in [-0.3, -0.25) is 4.79 Å². The second-order valence-corrected chi connectivity index (χ2v) is 5.87. The van der Waals surface area contributed by atoms with Crippen LogP contribution < -0.4 is 11.1 Å². The third kappa shape index (κ3) is 5.91. The summed E-state index contributed by atoms with van der Waals surface area (Å²) in [6.07, 6.45) is 5.23. The third-order valence-electron chi connectivity index (χ3n) is 4.25. The molecule has 19 heavy (non-hydrogen) atoms. The average Bonchev–Trinajstić information content (AvgIpc) is 2.38. The lowest BCUT2D eigenvalue weighted by Crippen LogP contribution is -2.44. The van der Waals surface area contributed by atoms with Crippen molar-refractivity contribution in [2.75, 3.05) is 19.6 Å². The van der Waals surface area contributed by atoms with Crippen LogP contribution in [0.25, 0.3) is 0 Å². The number of rotatable bonds is 7. The molecule has 0 saturated heterocycles. The van der Waals surface area contributed by atoms with E-state index in [0.29, 0.717) is 12.3 Å². The Morgan fingerprint density at radius 2 is 1.95 bits per heavy atom. The van der Waals surface area contributed by atoms with Crippen LogP contribution in [0, 0.1) is 5.92 Å². The van der Waals surface area contributed by atoms with E-state index < -0.39 is 0 Å². The van der Waals surface area contributed by atoms with Gasteiger partial charge in [-0.05, 0) is 38.8 Å². The SMILES string of the molecule is CCN(CC)CC(C)NC(=O)CC1CCCCC1N. The first-order valence-corrected chi connectivity index (χ1v) is 7.84. The molecule has 112 valence electrons. The molecular weight excluding hydrogens is 238 g/mol. The minimum absolute atomic E-state index is 0.169. The molecule has 1 aliphatic rings. The molecule has 4 nitrogen and oxygen atoms in total. The highest BCUT2D eigenvalue weighted by molar-refractivity contribution is 5.76. The zero-order valence-electron chi connectivity index (χ0n) is 12.8. The zero-order chi connectivity index (χ0) is 14.3. The number of carbonyl (C=O) groups is 1. The third-order valence-corrected chi connectivity index (χ3v) is 4.25. The number of amides is 1.